The molecule has 2 aromatic heterocycles. The zero-order chi connectivity index (χ0) is 18.4. The monoisotopic (exact) mass is 382 g/mol. The number of hydrogen-bond acceptors (Lipinski definition) is 5. The van der Waals surface area contributed by atoms with E-state index >= 15 is 0 Å². The third kappa shape index (κ3) is 2.96. The molecule has 1 amide bonds. The maximum absolute atomic E-state index is 13.1. The molecule has 3 aromatic rings. The van der Waals surface area contributed by atoms with Gasteiger partial charge in [0.1, 0.15) is 28.8 Å². The molecule has 1 aliphatic carbocycles. The maximum Gasteiger partial charge on any atom is 0.245 e. The van der Waals surface area contributed by atoms with Crippen LogP contribution in [0, 0.1) is 5.82 Å². The van der Waals surface area contributed by atoms with E-state index in [1.54, 1.807) is 29.8 Å². The molecule has 138 valence electrons. The van der Waals surface area contributed by atoms with E-state index in [-0.39, 0.29) is 17.8 Å². The van der Waals surface area contributed by atoms with Gasteiger partial charge in [-0.05, 0) is 48.9 Å². The summed E-state index contributed by atoms with van der Waals surface area (Å²) in [5.41, 5.74) is 2.29. The number of nitrogens with zero attached hydrogens (tertiary/aromatic N) is 3. The molecule has 5 nitrogen and oxygen atoms in total. The molecular formula is C20H19FN4OS. The number of fused-ring (bicyclic) bond motifs is 3. The lowest BCUT2D eigenvalue weighted by atomic mass is 10.1. The standard InChI is InChI=1S/C20H19FN4OS/c21-13-6-4-12(5-7-13)10-25-9-8-15(20(25)26)24-18-17-14-2-1-3-16(14)27-19(17)23-11-22-18/h4-7,11,15H,1-3,8-10H2,(H,22,23,24). The number of aromatic nitrogens is 2. The Balaban J connectivity index is 1.35. The van der Waals surface area contributed by atoms with Crippen LogP contribution in [0.1, 0.15) is 28.8 Å². The lowest BCUT2D eigenvalue weighted by molar-refractivity contribution is -0.128. The van der Waals surface area contributed by atoms with E-state index in [0.717, 1.165) is 40.9 Å². The summed E-state index contributed by atoms with van der Waals surface area (Å²) < 4.78 is 13.1. The van der Waals surface area contributed by atoms with Crippen molar-refractivity contribution < 1.29 is 9.18 Å². The predicted octanol–water partition coefficient (Wildman–Crippen LogP) is 3.53. The first-order valence-electron chi connectivity index (χ1n) is 9.24. The van der Waals surface area contributed by atoms with Crippen LogP contribution in [0.3, 0.4) is 0 Å². The number of amides is 1. The van der Waals surface area contributed by atoms with Crippen LogP contribution in [-0.2, 0) is 24.2 Å². The van der Waals surface area contributed by atoms with Crippen LogP contribution < -0.4 is 5.32 Å². The molecule has 1 atom stereocenters. The third-order valence-corrected chi connectivity index (χ3v) is 6.60. The molecule has 0 spiro atoms. The average molecular weight is 382 g/mol. The quantitative estimate of drug-likeness (QED) is 0.750. The van der Waals surface area contributed by atoms with Crippen molar-refractivity contribution in [3.05, 3.63) is 52.4 Å². The van der Waals surface area contributed by atoms with Gasteiger partial charge in [0.2, 0.25) is 5.91 Å². The van der Waals surface area contributed by atoms with Gasteiger partial charge in [-0.25, -0.2) is 14.4 Å². The zero-order valence-corrected chi connectivity index (χ0v) is 15.6. The van der Waals surface area contributed by atoms with E-state index in [4.69, 9.17) is 0 Å². The number of anilines is 1. The molecule has 3 heterocycles. The second-order valence-electron chi connectivity index (χ2n) is 7.13. The van der Waals surface area contributed by atoms with E-state index in [0.29, 0.717) is 13.1 Å². The van der Waals surface area contributed by atoms with E-state index in [1.165, 1.54) is 29.0 Å². The van der Waals surface area contributed by atoms with Crippen molar-refractivity contribution in [1.82, 2.24) is 14.9 Å². The molecule has 0 bridgehead atoms. The molecule has 7 heteroatoms. The van der Waals surface area contributed by atoms with Gasteiger partial charge in [0.15, 0.2) is 0 Å². The second kappa shape index (κ2) is 6.56. The van der Waals surface area contributed by atoms with Crippen LogP contribution in [-0.4, -0.2) is 33.4 Å². The highest BCUT2D eigenvalue weighted by Gasteiger charge is 2.32. The molecule has 2 aliphatic rings. The van der Waals surface area contributed by atoms with Crippen LogP contribution in [0.25, 0.3) is 10.2 Å². The average Bonchev–Trinajstić information content (AvgIpc) is 3.34. The smallest absolute Gasteiger partial charge is 0.245 e. The van der Waals surface area contributed by atoms with Crippen molar-refractivity contribution in [2.24, 2.45) is 0 Å². The van der Waals surface area contributed by atoms with E-state index in [9.17, 15) is 9.18 Å². The van der Waals surface area contributed by atoms with Crippen molar-refractivity contribution in [2.45, 2.75) is 38.3 Å². The SMILES string of the molecule is O=C1C(Nc2ncnc3sc4c(c23)CCC4)CCN1Cc1ccc(F)cc1. The Morgan fingerprint density at radius 3 is 2.93 bits per heavy atom. The molecule has 1 aromatic carbocycles. The Hall–Kier alpha value is -2.54. The van der Waals surface area contributed by atoms with Gasteiger partial charge in [-0.2, -0.15) is 0 Å². The summed E-state index contributed by atoms with van der Waals surface area (Å²) in [6, 6.07) is 6.04. The van der Waals surface area contributed by atoms with Crippen molar-refractivity contribution in [1.29, 1.82) is 0 Å². The lowest BCUT2D eigenvalue weighted by Gasteiger charge is -2.18. The Bertz CT molecular complexity index is 1020. The minimum absolute atomic E-state index is 0.0676. The highest BCUT2D eigenvalue weighted by Crippen LogP contribution is 2.39. The largest absolute Gasteiger partial charge is 0.358 e. The summed E-state index contributed by atoms with van der Waals surface area (Å²) in [6.45, 7) is 1.19. The van der Waals surface area contributed by atoms with Crippen LogP contribution in [0.2, 0.25) is 0 Å². The van der Waals surface area contributed by atoms with Gasteiger partial charge in [-0.1, -0.05) is 12.1 Å². The summed E-state index contributed by atoms with van der Waals surface area (Å²) in [5.74, 6) is 0.585. The van der Waals surface area contributed by atoms with Crippen molar-refractivity contribution >= 4 is 33.3 Å². The second-order valence-corrected chi connectivity index (χ2v) is 8.22. The lowest BCUT2D eigenvalue weighted by Crippen LogP contribution is -2.33. The normalized spacial score (nSPS) is 19.1. The number of rotatable bonds is 4. The van der Waals surface area contributed by atoms with Gasteiger partial charge in [0.05, 0.1) is 5.39 Å². The number of aryl methyl sites for hydroxylation is 2. The van der Waals surface area contributed by atoms with Crippen molar-refractivity contribution in [3.8, 4) is 0 Å². The molecule has 0 saturated carbocycles. The molecule has 1 aliphatic heterocycles. The first-order valence-corrected chi connectivity index (χ1v) is 10.1. The van der Waals surface area contributed by atoms with Gasteiger partial charge >= 0.3 is 0 Å². The summed E-state index contributed by atoms with van der Waals surface area (Å²) in [6.07, 6.45) is 5.67. The molecule has 27 heavy (non-hydrogen) atoms. The molecular weight excluding hydrogens is 363 g/mol. The Morgan fingerprint density at radius 1 is 1.22 bits per heavy atom. The number of benzene rings is 1. The minimum atomic E-state index is -0.277. The maximum atomic E-state index is 13.1. The third-order valence-electron chi connectivity index (χ3n) is 5.40. The topological polar surface area (TPSA) is 58.1 Å². The number of nitrogens with one attached hydrogen (secondary N) is 1. The molecule has 1 N–H and O–H groups in total. The first kappa shape index (κ1) is 16.6. The first-order chi connectivity index (χ1) is 13.2. The van der Waals surface area contributed by atoms with Crippen LogP contribution in [0.5, 0.6) is 0 Å². The number of thiophene rings is 1. The van der Waals surface area contributed by atoms with E-state index in [2.05, 4.69) is 15.3 Å². The molecule has 0 radical (unpaired) electrons. The number of likely N-dealkylation sites (tertiary alicyclic amines) is 1. The van der Waals surface area contributed by atoms with E-state index in [1.807, 2.05) is 4.90 Å². The summed E-state index contributed by atoms with van der Waals surface area (Å²) in [4.78, 5) is 25.9. The summed E-state index contributed by atoms with van der Waals surface area (Å²) >= 11 is 1.75. The van der Waals surface area contributed by atoms with Gasteiger partial charge in [-0.15, -0.1) is 11.3 Å². The van der Waals surface area contributed by atoms with Crippen LogP contribution in [0.4, 0.5) is 10.2 Å². The fraction of sp³-hybridized carbons (Fsp3) is 0.350. The molecule has 1 fully saturated rings. The minimum Gasteiger partial charge on any atom is -0.358 e. The Morgan fingerprint density at radius 2 is 2.07 bits per heavy atom. The van der Waals surface area contributed by atoms with Crippen molar-refractivity contribution in [2.75, 3.05) is 11.9 Å². The van der Waals surface area contributed by atoms with Crippen LogP contribution in [0.15, 0.2) is 30.6 Å². The summed E-state index contributed by atoms with van der Waals surface area (Å²) in [7, 11) is 0. The number of hydrogen-bond donors (Lipinski definition) is 1. The van der Waals surface area contributed by atoms with Gasteiger partial charge in [0.25, 0.3) is 0 Å². The number of halogens is 1. The van der Waals surface area contributed by atoms with Crippen molar-refractivity contribution in [3.63, 3.8) is 0 Å². The summed E-state index contributed by atoms with van der Waals surface area (Å²) in [5, 5.41) is 4.48. The fourth-order valence-electron chi connectivity index (χ4n) is 4.04. The Labute approximate surface area is 160 Å². The van der Waals surface area contributed by atoms with Crippen LogP contribution >= 0.6 is 11.3 Å². The van der Waals surface area contributed by atoms with Gasteiger partial charge in [-0.3, -0.25) is 4.79 Å². The number of carbonyl (C=O) groups is 1. The molecule has 1 unspecified atom stereocenters. The Kier molecular flexibility index (Phi) is 4.04. The zero-order valence-electron chi connectivity index (χ0n) is 14.7. The van der Waals surface area contributed by atoms with Gasteiger partial charge in [0, 0.05) is 18.0 Å². The fourth-order valence-corrected chi connectivity index (χ4v) is 5.27. The van der Waals surface area contributed by atoms with Gasteiger partial charge < -0.3 is 10.2 Å². The molecule has 5 rings (SSSR count). The highest BCUT2D eigenvalue weighted by atomic mass is 32.1. The van der Waals surface area contributed by atoms with E-state index < -0.39 is 0 Å². The highest BCUT2D eigenvalue weighted by molar-refractivity contribution is 7.19. The molecule has 1 saturated heterocycles. The number of carbonyl (C=O) groups excluding carboxylic acids is 1. The predicted molar refractivity (Wildman–Crippen MR) is 103 cm³/mol.